The number of aliphatic hydroxyl groups is 1. The van der Waals surface area contributed by atoms with Crippen LogP contribution in [0.1, 0.15) is 39.7 Å². The Bertz CT molecular complexity index is 1090. The summed E-state index contributed by atoms with van der Waals surface area (Å²) >= 11 is 1.32. The van der Waals surface area contributed by atoms with Crippen LogP contribution in [0.2, 0.25) is 0 Å². The van der Waals surface area contributed by atoms with Crippen LogP contribution in [0.5, 0.6) is 11.5 Å². The van der Waals surface area contributed by atoms with Crippen molar-refractivity contribution in [1.29, 1.82) is 0 Å². The molecule has 7 nitrogen and oxygen atoms in total. The predicted molar refractivity (Wildman–Crippen MR) is 130 cm³/mol. The van der Waals surface area contributed by atoms with Gasteiger partial charge in [-0.15, -0.1) is 11.3 Å². The molecule has 0 saturated carbocycles. The van der Waals surface area contributed by atoms with Crippen LogP contribution in [-0.4, -0.2) is 42.3 Å². The van der Waals surface area contributed by atoms with Gasteiger partial charge in [0.25, 0.3) is 0 Å². The molecular weight excluding hydrogens is 460 g/mol. The van der Waals surface area contributed by atoms with Gasteiger partial charge in [0.05, 0.1) is 19.9 Å². The number of aromatic nitrogens is 1. The summed E-state index contributed by atoms with van der Waals surface area (Å²) in [5.41, 5.74) is 2.43. The third kappa shape index (κ3) is 5.92. The molecule has 2 atom stereocenters. The first-order chi connectivity index (χ1) is 15.6. The molecule has 0 bridgehead atoms. The first-order valence-electron chi connectivity index (χ1n) is 10.5. The molecule has 0 aliphatic rings. The van der Waals surface area contributed by atoms with Crippen LogP contribution in [-0.2, 0) is 23.1 Å². The fraction of sp³-hybridized carbons (Fsp3) is 0.375. The number of aryl methyl sites for hydroxylation is 2. The highest BCUT2D eigenvalue weighted by atomic mass is 32.2. The molecule has 33 heavy (non-hydrogen) atoms. The molecule has 2 unspecified atom stereocenters. The molecule has 0 amide bonds. The standard InChI is InChI=1S/C24H30N2O5S2/c1-16-17(2)32-24(25-16)23(27)18(3)33(28,29)26(14-19-6-10-21(30-4)11-7-19)15-20-8-12-22(31-5)13-9-20/h6-13,18,23,27H,14-15H2,1-5H3. The van der Waals surface area contributed by atoms with Gasteiger partial charge in [0.1, 0.15) is 27.9 Å². The predicted octanol–water partition coefficient (Wildman–Crippen LogP) is 4.23. The molecule has 0 aliphatic carbocycles. The second-order valence-corrected chi connectivity index (χ2v) is 11.4. The molecule has 1 N–H and O–H groups in total. The van der Waals surface area contributed by atoms with Crippen molar-refractivity contribution in [2.45, 2.75) is 45.2 Å². The number of thiazole rings is 1. The van der Waals surface area contributed by atoms with E-state index in [0.29, 0.717) is 16.5 Å². The number of methoxy groups -OCH3 is 2. The van der Waals surface area contributed by atoms with E-state index in [-0.39, 0.29) is 13.1 Å². The zero-order valence-corrected chi connectivity index (χ0v) is 21.1. The fourth-order valence-electron chi connectivity index (χ4n) is 3.33. The highest BCUT2D eigenvalue weighted by molar-refractivity contribution is 7.89. The minimum atomic E-state index is -3.89. The molecule has 2 aromatic carbocycles. The monoisotopic (exact) mass is 490 g/mol. The van der Waals surface area contributed by atoms with Gasteiger partial charge in [-0.05, 0) is 56.2 Å². The van der Waals surface area contributed by atoms with Crippen LogP contribution < -0.4 is 9.47 Å². The van der Waals surface area contributed by atoms with Gasteiger partial charge in [-0.1, -0.05) is 24.3 Å². The number of nitrogens with zero attached hydrogens (tertiary/aromatic N) is 2. The molecular formula is C24H30N2O5S2. The summed E-state index contributed by atoms with van der Waals surface area (Å²) in [7, 11) is -0.725. The fourth-order valence-corrected chi connectivity index (χ4v) is 6.01. The van der Waals surface area contributed by atoms with Gasteiger partial charge in [-0.2, -0.15) is 4.31 Å². The second kappa shape index (κ2) is 10.6. The second-order valence-electron chi connectivity index (χ2n) is 7.85. The summed E-state index contributed by atoms with van der Waals surface area (Å²) in [6.45, 7) is 5.60. The third-order valence-corrected chi connectivity index (χ3v) is 8.93. The molecule has 3 rings (SSSR count). The largest absolute Gasteiger partial charge is 0.497 e. The van der Waals surface area contributed by atoms with E-state index < -0.39 is 21.4 Å². The molecule has 1 aromatic heterocycles. The molecule has 0 fully saturated rings. The van der Waals surface area contributed by atoms with Crippen LogP contribution in [0.3, 0.4) is 0 Å². The summed E-state index contributed by atoms with van der Waals surface area (Å²) in [6.07, 6.45) is -1.22. The van der Waals surface area contributed by atoms with Gasteiger partial charge in [0, 0.05) is 18.0 Å². The number of aliphatic hydroxyl groups excluding tert-OH is 1. The van der Waals surface area contributed by atoms with Crippen molar-refractivity contribution in [2.75, 3.05) is 14.2 Å². The number of ether oxygens (including phenoxy) is 2. The minimum absolute atomic E-state index is 0.158. The Morgan fingerprint density at radius 1 is 0.939 bits per heavy atom. The minimum Gasteiger partial charge on any atom is -0.497 e. The molecule has 1 heterocycles. The van der Waals surface area contributed by atoms with E-state index in [1.807, 2.05) is 38.1 Å². The lowest BCUT2D eigenvalue weighted by molar-refractivity contribution is 0.171. The van der Waals surface area contributed by atoms with Crippen LogP contribution >= 0.6 is 11.3 Å². The maximum atomic E-state index is 13.7. The first-order valence-corrected chi connectivity index (χ1v) is 12.8. The van der Waals surface area contributed by atoms with Gasteiger partial charge < -0.3 is 14.6 Å². The Labute approximate surface area is 199 Å². The van der Waals surface area contributed by atoms with Gasteiger partial charge in [-0.3, -0.25) is 0 Å². The number of benzene rings is 2. The van der Waals surface area contributed by atoms with E-state index in [1.165, 1.54) is 22.6 Å². The molecule has 0 spiro atoms. The van der Waals surface area contributed by atoms with Crippen molar-refractivity contribution in [3.05, 3.63) is 75.2 Å². The van der Waals surface area contributed by atoms with E-state index in [4.69, 9.17) is 9.47 Å². The van der Waals surface area contributed by atoms with E-state index in [2.05, 4.69) is 4.98 Å². The Morgan fingerprint density at radius 2 is 1.39 bits per heavy atom. The van der Waals surface area contributed by atoms with Gasteiger partial charge in [0.15, 0.2) is 0 Å². The van der Waals surface area contributed by atoms with E-state index in [1.54, 1.807) is 38.5 Å². The highest BCUT2D eigenvalue weighted by Crippen LogP contribution is 2.30. The maximum Gasteiger partial charge on any atom is 0.220 e. The van der Waals surface area contributed by atoms with Crippen molar-refractivity contribution in [3.63, 3.8) is 0 Å². The zero-order chi connectivity index (χ0) is 24.2. The van der Waals surface area contributed by atoms with Crippen molar-refractivity contribution >= 4 is 21.4 Å². The van der Waals surface area contributed by atoms with Crippen molar-refractivity contribution in [3.8, 4) is 11.5 Å². The number of rotatable bonds is 10. The normalized spacial score (nSPS) is 13.7. The number of hydrogen-bond acceptors (Lipinski definition) is 7. The van der Waals surface area contributed by atoms with Gasteiger partial charge in [0.2, 0.25) is 10.0 Å². The molecule has 9 heteroatoms. The molecule has 3 aromatic rings. The summed E-state index contributed by atoms with van der Waals surface area (Å²) in [6, 6.07) is 14.5. The van der Waals surface area contributed by atoms with Crippen molar-refractivity contribution in [1.82, 2.24) is 9.29 Å². The van der Waals surface area contributed by atoms with Crippen molar-refractivity contribution < 1.29 is 23.0 Å². The molecule has 0 saturated heterocycles. The molecule has 0 aliphatic heterocycles. The Morgan fingerprint density at radius 3 is 1.76 bits per heavy atom. The van der Waals surface area contributed by atoms with E-state index in [0.717, 1.165) is 21.7 Å². The molecule has 178 valence electrons. The average molecular weight is 491 g/mol. The Balaban J connectivity index is 1.91. The van der Waals surface area contributed by atoms with Gasteiger partial charge in [-0.25, -0.2) is 13.4 Å². The Hall–Kier alpha value is -2.46. The lowest BCUT2D eigenvalue weighted by Crippen LogP contribution is -2.39. The smallest absolute Gasteiger partial charge is 0.220 e. The Kier molecular flexibility index (Phi) is 8.12. The van der Waals surface area contributed by atoms with Crippen LogP contribution in [0.4, 0.5) is 0 Å². The summed E-state index contributed by atoms with van der Waals surface area (Å²) in [5.74, 6) is 1.39. The van der Waals surface area contributed by atoms with Gasteiger partial charge >= 0.3 is 0 Å². The lowest BCUT2D eigenvalue weighted by Gasteiger charge is -2.28. The van der Waals surface area contributed by atoms with Crippen LogP contribution in [0.15, 0.2) is 48.5 Å². The summed E-state index contributed by atoms with van der Waals surface area (Å²) in [5, 5.41) is 10.2. The topological polar surface area (TPSA) is 89.0 Å². The van der Waals surface area contributed by atoms with Crippen LogP contribution in [0.25, 0.3) is 0 Å². The quantitative estimate of drug-likeness (QED) is 0.458. The first kappa shape index (κ1) is 25.2. The SMILES string of the molecule is COc1ccc(CN(Cc2ccc(OC)cc2)S(=O)(=O)C(C)C(O)c2nc(C)c(C)s2)cc1. The zero-order valence-electron chi connectivity index (χ0n) is 19.5. The highest BCUT2D eigenvalue weighted by Gasteiger charge is 2.36. The summed E-state index contributed by atoms with van der Waals surface area (Å²) in [4.78, 5) is 5.33. The average Bonchev–Trinajstić information content (AvgIpc) is 3.16. The number of sulfonamides is 1. The van der Waals surface area contributed by atoms with Crippen LogP contribution in [0, 0.1) is 13.8 Å². The van der Waals surface area contributed by atoms with E-state index in [9.17, 15) is 13.5 Å². The van der Waals surface area contributed by atoms with Crippen molar-refractivity contribution in [2.24, 2.45) is 0 Å². The molecule has 0 radical (unpaired) electrons. The van der Waals surface area contributed by atoms with E-state index >= 15 is 0 Å². The third-order valence-electron chi connectivity index (χ3n) is 5.61. The number of hydrogen-bond donors (Lipinski definition) is 1. The lowest BCUT2D eigenvalue weighted by atomic mass is 10.2. The maximum absolute atomic E-state index is 13.7. The summed E-state index contributed by atoms with van der Waals surface area (Å²) < 4.78 is 39.2.